The molecule has 1 aromatic heterocycles. The number of hydrogen-bond donors (Lipinski definition) is 1. The second kappa shape index (κ2) is 6.94. The standard InChI is InChI=1S/C17H23N3O3S/c1-19-12-17(18-13-19)24(22,23)20-11-3-2-4-15(20)8-5-14-6-9-16(21)10-7-14/h6-7,9-10,12-13,15,21H,2-5,8,11H2,1H3/t15-/m1/s1. The Labute approximate surface area is 142 Å². The van der Waals surface area contributed by atoms with Crippen LogP contribution < -0.4 is 0 Å². The van der Waals surface area contributed by atoms with Crippen molar-refractivity contribution in [3.8, 4) is 5.75 Å². The van der Waals surface area contributed by atoms with E-state index in [0.717, 1.165) is 37.7 Å². The second-order valence-corrected chi connectivity index (χ2v) is 8.19. The third kappa shape index (κ3) is 3.62. The van der Waals surface area contributed by atoms with Gasteiger partial charge in [-0.25, -0.2) is 13.4 Å². The number of phenolic OH excluding ortho intramolecular Hbond substituents is 1. The van der Waals surface area contributed by atoms with Crippen LogP contribution in [0.2, 0.25) is 0 Å². The van der Waals surface area contributed by atoms with Gasteiger partial charge in [-0.1, -0.05) is 18.6 Å². The van der Waals surface area contributed by atoms with Crippen molar-refractivity contribution in [2.75, 3.05) is 6.54 Å². The van der Waals surface area contributed by atoms with Gasteiger partial charge in [0.15, 0.2) is 5.03 Å². The van der Waals surface area contributed by atoms with E-state index in [0.29, 0.717) is 6.54 Å². The Bertz CT molecular complexity index is 784. The Morgan fingerprint density at radius 3 is 2.67 bits per heavy atom. The number of aromatic nitrogens is 2. The van der Waals surface area contributed by atoms with Crippen LogP contribution in [0.1, 0.15) is 31.2 Å². The molecule has 2 heterocycles. The maximum absolute atomic E-state index is 12.9. The fourth-order valence-corrected chi connectivity index (χ4v) is 4.91. The molecule has 24 heavy (non-hydrogen) atoms. The maximum atomic E-state index is 12.9. The summed E-state index contributed by atoms with van der Waals surface area (Å²) >= 11 is 0. The van der Waals surface area contributed by atoms with E-state index >= 15 is 0 Å². The van der Waals surface area contributed by atoms with E-state index in [9.17, 15) is 13.5 Å². The summed E-state index contributed by atoms with van der Waals surface area (Å²) in [5.41, 5.74) is 1.11. The Balaban J connectivity index is 1.74. The SMILES string of the molecule is Cn1cnc(S(=O)(=O)N2CCCC[C@@H]2CCc2ccc(O)cc2)c1. The molecule has 0 unspecified atom stereocenters. The highest BCUT2D eigenvalue weighted by Crippen LogP contribution is 2.27. The van der Waals surface area contributed by atoms with Crippen LogP contribution in [0.3, 0.4) is 0 Å². The lowest BCUT2D eigenvalue weighted by molar-refractivity contribution is 0.240. The summed E-state index contributed by atoms with van der Waals surface area (Å²) in [6, 6.07) is 7.10. The minimum Gasteiger partial charge on any atom is -0.508 e. The molecule has 1 aliphatic rings. The molecule has 0 bridgehead atoms. The van der Waals surface area contributed by atoms with Crippen LogP contribution in [0.25, 0.3) is 0 Å². The summed E-state index contributed by atoms with van der Waals surface area (Å²) < 4.78 is 29.0. The molecular weight excluding hydrogens is 326 g/mol. The molecule has 1 aliphatic heterocycles. The largest absolute Gasteiger partial charge is 0.508 e. The predicted octanol–water partition coefficient (Wildman–Crippen LogP) is 2.30. The lowest BCUT2D eigenvalue weighted by atomic mass is 9.98. The zero-order valence-electron chi connectivity index (χ0n) is 13.8. The summed E-state index contributed by atoms with van der Waals surface area (Å²) in [7, 11) is -1.77. The normalized spacial score (nSPS) is 19.5. The van der Waals surface area contributed by atoms with Gasteiger partial charge in [0, 0.05) is 25.8 Å². The van der Waals surface area contributed by atoms with Crippen molar-refractivity contribution in [3.05, 3.63) is 42.4 Å². The second-order valence-electron chi connectivity index (χ2n) is 6.35. The minimum absolute atomic E-state index is 0.000408. The van der Waals surface area contributed by atoms with E-state index in [1.807, 2.05) is 12.1 Å². The van der Waals surface area contributed by atoms with Crippen LogP contribution in [-0.4, -0.2) is 40.0 Å². The summed E-state index contributed by atoms with van der Waals surface area (Å²) in [6.45, 7) is 0.555. The molecule has 1 fully saturated rings. The van der Waals surface area contributed by atoms with E-state index in [1.54, 1.807) is 34.2 Å². The van der Waals surface area contributed by atoms with Gasteiger partial charge in [-0.2, -0.15) is 4.31 Å². The average Bonchev–Trinajstić information content (AvgIpc) is 3.02. The number of aromatic hydroxyl groups is 1. The molecule has 130 valence electrons. The van der Waals surface area contributed by atoms with Gasteiger partial charge in [0.2, 0.25) is 0 Å². The molecule has 1 saturated heterocycles. The number of nitrogens with zero attached hydrogens (tertiary/aromatic N) is 3. The first kappa shape index (κ1) is 17.0. The summed E-state index contributed by atoms with van der Waals surface area (Å²) in [5, 5.41) is 9.48. The molecule has 0 radical (unpaired) electrons. The third-order valence-corrected chi connectivity index (χ3v) is 6.37. The maximum Gasteiger partial charge on any atom is 0.262 e. The molecule has 1 atom stereocenters. The van der Waals surface area contributed by atoms with Gasteiger partial charge in [-0.15, -0.1) is 0 Å². The summed E-state index contributed by atoms with van der Waals surface area (Å²) in [5.74, 6) is 0.246. The van der Waals surface area contributed by atoms with Crippen LogP contribution in [0.4, 0.5) is 0 Å². The molecule has 1 aromatic carbocycles. The fourth-order valence-electron chi connectivity index (χ4n) is 3.22. The van der Waals surface area contributed by atoms with E-state index < -0.39 is 10.0 Å². The molecule has 1 N–H and O–H groups in total. The van der Waals surface area contributed by atoms with Crippen molar-refractivity contribution in [2.45, 2.75) is 43.2 Å². The number of sulfonamides is 1. The highest BCUT2D eigenvalue weighted by atomic mass is 32.2. The first-order chi connectivity index (χ1) is 11.5. The summed E-state index contributed by atoms with van der Waals surface area (Å²) in [6.07, 6.45) is 7.46. The third-order valence-electron chi connectivity index (χ3n) is 4.53. The number of phenols is 1. The van der Waals surface area contributed by atoms with Crippen molar-refractivity contribution < 1.29 is 13.5 Å². The monoisotopic (exact) mass is 349 g/mol. The van der Waals surface area contributed by atoms with Crippen molar-refractivity contribution in [1.29, 1.82) is 0 Å². The number of aryl methyl sites for hydroxylation is 2. The molecule has 3 rings (SSSR count). The van der Waals surface area contributed by atoms with Crippen molar-refractivity contribution in [2.24, 2.45) is 7.05 Å². The highest BCUT2D eigenvalue weighted by molar-refractivity contribution is 7.89. The molecule has 7 heteroatoms. The van der Waals surface area contributed by atoms with Crippen molar-refractivity contribution >= 4 is 10.0 Å². The van der Waals surface area contributed by atoms with E-state index in [-0.39, 0.29) is 16.8 Å². The molecule has 6 nitrogen and oxygen atoms in total. The first-order valence-electron chi connectivity index (χ1n) is 8.24. The Morgan fingerprint density at radius 1 is 1.25 bits per heavy atom. The lowest BCUT2D eigenvalue weighted by Crippen LogP contribution is -2.44. The Hall–Kier alpha value is -1.86. The quantitative estimate of drug-likeness (QED) is 0.899. The molecule has 0 amide bonds. The zero-order chi connectivity index (χ0) is 17.2. The topological polar surface area (TPSA) is 75.4 Å². The minimum atomic E-state index is -3.54. The van der Waals surface area contributed by atoms with E-state index in [4.69, 9.17) is 0 Å². The molecule has 0 aliphatic carbocycles. The van der Waals surface area contributed by atoms with E-state index in [2.05, 4.69) is 4.98 Å². The number of imidazole rings is 1. The van der Waals surface area contributed by atoms with Gasteiger partial charge in [0.05, 0.1) is 6.33 Å². The van der Waals surface area contributed by atoms with Crippen molar-refractivity contribution in [3.63, 3.8) is 0 Å². The zero-order valence-corrected chi connectivity index (χ0v) is 14.6. The van der Waals surface area contributed by atoms with Crippen molar-refractivity contribution in [1.82, 2.24) is 13.9 Å². The molecule has 0 saturated carbocycles. The first-order valence-corrected chi connectivity index (χ1v) is 9.68. The average molecular weight is 349 g/mol. The number of rotatable bonds is 5. The molecular formula is C17H23N3O3S. The fraction of sp³-hybridized carbons (Fsp3) is 0.471. The number of piperidine rings is 1. The van der Waals surface area contributed by atoms with Gasteiger partial charge in [0.25, 0.3) is 10.0 Å². The number of benzene rings is 1. The van der Waals surface area contributed by atoms with Gasteiger partial charge in [-0.05, 0) is 43.4 Å². The smallest absolute Gasteiger partial charge is 0.262 e. The molecule has 2 aromatic rings. The Kier molecular flexibility index (Phi) is 4.91. The molecule has 0 spiro atoms. The van der Waals surface area contributed by atoms with E-state index in [1.165, 1.54) is 6.33 Å². The van der Waals surface area contributed by atoms with Crippen LogP contribution >= 0.6 is 0 Å². The van der Waals surface area contributed by atoms with Gasteiger partial charge in [-0.3, -0.25) is 0 Å². The highest BCUT2D eigenvalue weighted by Gasteiger charge is 2.34. The lowest BCUT2D eigenvalue weighted by Gasteiger charge is -2.34. The Morgan fingerprint density at radius 2 is 2.00 bits per heavy atom. The van der Waals surface area contributed by atoms with Gasteiger partial charge < -0.3 is 9.67 Å². The van der Waals surface area contributed by atoms with Gasteiger partial charge >= 0.3 is 0 Å². The van der Waals surface area contributed by atoms with Crippen LogP contribution in [0.5, 0.6) is 5.75 Å². The predicted molar refractivity (Wildman–Crippen MR) is 91.2 cm³/mol. The summed E-state index contributed by atoms with van der Waals surface area (Å²) in [4.78, 5) is 4.03. The van der Waals surface area contributed by atoms with Gasteiger partial charge in [0.1, 0.15) is 5.75 Å². The number of hydrogen-bond acceptors (Lipinski definition) is 4. The van der Waals surface area contributed by atoms with Crippen LogP contribution in [0, 0.1) is 0 Å². The van der Waals surface area contributed by atoms with Crippen LogP contribution in [-0.2, 0) is 23.5 Å². The van der Waals surface area contributed by atoms with Crippen LogP contribution in [0.15, 0.2) is 41.8 Å².